The lowest BCUT2D eigenvalue weighted by molar-refractivity contribution is 0.326. The fourth-order valence-electron chi connectivity index (χ4n) is 3.40. The molecule has 19 heavy (non-hydrogen) atoms. The minimum absolute atomic E-state index is 0.667. The fourth-order valence-corrected chi connectivity index (χ4v) is 3.40. The van der Waals surface area contributed by atoms with Gasteiger partial charge in [-0.15, -0.1) is 0 Å². The third-order valence-corrected chi connectivity index (χ3v) is 4.48. The summed E-state index contributed by atoms with van der Waals surface area (Å²) >= 11 is 0. The van der Waals surface area contributed by atoms with E-state index in [4.69, 9.17) is 5.73 Å². The fraction of sp³-hybridized carbons (Fsp3) is 0.562. The third kappa shape index (κ3) is 2.46. The van der Waals surface area contributed by atoms with Crippen LogP contribution in [0.5, 0.6) is 0 Å². The van der Waals surface area contributed by atoms with Crippen LogP contribution < -0.4 is 5.73 Å². The number of imidazole rings is 1. The summed E-state index contributed by atoms with van der Waals surface area (Å²) in [5.41, 5.74) is 9.61. The molecule has 0 amide bonds. The molecule has 3 heteroatoms. The molecule has 0 radical (unpaired) electrons. The highest BCUT2D eigenvalue weighted by molar-refractivity contribution is 5.81. The summed E-state index contributed by atoms with van der Waals surface area (Å²) in [5, 5.41) is 0. The van der Waals surface area contributed by atoms with E-state index in [1.165, 1.54) is 49.6 Å². The van der Waals surface area contributed by atoms with Crippen LogP contribution in [0.2, 0.25) is 0 Å². The summed E-state index contributed by atoms with van der Waals surface area (Å²) in [4.78, 5) is 4.48. The molecule has 1 fully saturated rings. The Morgan fingerprint density at radius 2 is 2.05 bits per heavy atom. The van der Waals surface area contributed by atoms with E-state index < -0.39 is 0 Å². The number of nitrogen functional groups attached to an aromatic ring is 1. The Balaban J connectivity index is 1.81. The molecular formula is C16H23N3. The largest absolute Gasteiger partial charge is 0.369 e. The first-order valence-corrected chi connectivity index (χ1v) is 7.47. The van der Waals surface area contributed by atoms with Gasteiger partial charge in [0.15, 0.2) is 0 Å². The second-order valence-electron chi connectivity index (χ2n) is 5.86. The molecule has 0 aliphatic heterocycles. The van der Waals surface area contributed by atoms with Crippen molar-refractivity contribution in [2.45, 2.75) is 52.0 Å². The van der Waals surface area contributed by atoms with Crippen LogP contribution in [0.3, 0.4) is 0 Å². The molecule has 1 aromatic heterocycles. The van der Waals surface area contributed by atoms with Gasteiger partial charge < -0.3 is 10.3 Å². The molecule has 1 aromatic carbocycles. The molecule has 2 N–H and O–H groups in total. The van der Waals surface area contributed by atoms with E-state index in [0.29, 0.717) is 5.95 Å². The van der Waals surface area contributed by atoms with E-state index in [0.717, 1.165) is 18.0 Å². The Kier molecular flexibility index (Phi) is 3.45. The molecule has 0 saturated heterocycles. The molecule has 0 unspecified atom stereocenters. The van der Waals surface area contributed by atoms with Crippen molar-refractivity contribution in [1.29, 1.82) is 0 Å². The summed E-state index contributed by atoms with van der Waals surface area (Å²) in [5.74, 6) is 1.55. The van der Waals surface area contributed by atoms with E-state index in [1.807, 2.05) is 0 Å². The maximum atomic E-state index is 6.09. The van der Waals surface area contributed by atoms with Crippen LogP contribution in [-0.2, 0) is 6.54 Å². The molecule has 2 aromatic rings. The molecule has 0 atom stereocenters. The zero-order valence-electron chi connectivity index (χ0n) is 11.7. The van der Waals surface area contributed by atoms with Gasteiger partial charge in [0.05, 0.1) is 11.0 Å². The van der Waals surface area contributed by atoms with Crippen LogP contribution in [-0.4, -0.2) is 9.55 Å². The van der Waals surface area contributed by atoms with E-state index in [9.17, 15) is 0 Å². The maximum Gasteiger partial charge on any atom is 0.201 e. The maximum absolute atomic E-state index is 6.09. The highest BCUT2D eigenvalue weighted by Gasteiger charge is 2.15. The molecule has 3 rings (SSSR count). The predicted molar refractivity (Wildman–Crippen MR) is 80.1 cm³/mol. The monoisotopic (exact) mass is 257 g/mol. The van der Waals surface area contributed by atoms with Crippen molar-refractivity contribution in [1.82, 2.24) is 9.55 Å². The van der Waals surface area contributed by atoms with Gasteiger partial charge in [-0.25, -0.2) is 4.98 Å². The number of benzene rings is 1. The van der Waals surface area contributed by atoms with E-state index >= 15 is 0 Å². The summed E-state index contributed by atoms with van der Waals surface area (Å²) < 4.78 is 2.21. The number of aromatic nitrogens is 2. The van der Waals surface area contributed by atoms with Crippen LogP contribution in [0.4, 0.5) is 5.95 Å². The molecule has 1 aliphatic carbocycles. The van der Waals surface area contributed by atoms with Gasteiger partial charge >= 0.3 is 0 Å². The van der Waals surface area contributed by atoms with Crippen molar-refractivity contribution in [3.05, 3.63) is 23.8 Å². The second-order valence-corrected chi connectivity index (χ2v) is 5.86. The molecule has 102 valence electrons. The van der Waals surface area contributed by atoms with Gasteiger partial charge in [-0.05, 0) is 30.9 Å². The Morgan fingerprint density at radius 3 is 2.84 bits per heavy atom. The summed E-state index contributed by atoms with van der Waals surface area (Å²) in [7, 11) is 0. The molecular weight excluding hydrogens is 234 g/mol. The number of anilines is 1. The Morgan fingerprint density at radius 1 is 1.26 bits per heavy atom. The molecule has 1 aliphatic rings. The van der Waals surface area contributed by atoms with Crippen molar-refractivity contribution in [3.8, 4) is 0 Å². The smallest absolute Gasteiger partial charge is 0.201 e. The van der Waals surface area contributed by atoms with Gasteiger partial charge in [0, 0.05) is 6.54 Å². The quantitative estimate of drug-likeness (QED) is 0.906. The minimum Gasteiger partial charge on any atom is -0.369 e. The Labute approximate surface area is 114 Å². The number of rotatable bonds is 3. The van der Waals surface area contributed by atoms with Crippen LogP contribution in [0.15, 0.2) is 18.2 Å². The average Bonchev–Trinajstić information content (AvgIpc) is 2.75. The Bertz CT molecular complexity index is 565. The van der Waals surface area contributed by atoms with Crippen molar-refractivity contribution < 1.29 is 0 Å². The van der Waals surface area contributed by atoms with Crippen molar-refractivity contribution in [3.63, 3.8) is 0 Å². The molecule has 1 saturated carbocycles. The number of hydrogen-bond acceptors (Lipinski definition) is 2. The zero-order chi connectivity index (χ0) is 13.2. The second kappa shape index (κ2) is 5.24. The summed E-state index contributed by atoms with van der Waals surface area (Å²) in [6, 6.07) is 6.24. The molecule has 0 bridgehead atoms. The molecule has 0 spiro atoms. The summed E-state index contributed by atoms with van der Waals surface area (Å²) in [6.45, 7) is 3.15. The van der Waals surface area contributed by atoms with Crippen LogP contribution in [0.25, 0.3) is 11.0 Å². The summed E-state index contributed by atoms with van der Waals surface area (Å²) in [6.07, 6.45) is 8.26. The van der Waals surface area contributed by atoms with Crippen LogP contribution in [0, 0.1) is 12.8 Å². The molecule has 1 heterocycles. The predicted octanol–water partition coefficient (Wildman–Crippen LogP) is 3.90. The lowest BCUT2D eigenvalue weighted by Crippen LogP contribution is -2.11. The number of nitrogens with zero attached hydrogens (tertiary/aromatic N) is 2. The average molecular weight is 257 g/mol. The zero-order valence-corrected chi connectivity index (χ0v) is 11.7. The van der Waals surface area contributed by atoms with Gasteiger partial charge in [-0.3, -0.25) is 0 Å². The minimum atomic E-state index is 0.667. The number of para-hydroxylation sites is 1. The lowest BCUT2D eigenvalue weighted by atomic mass is 9.87. The number of hydrogen-bond donors (Lipinski definition) is 1. The standard InChI is InChI=1S/C16H23N3/c1-12-6-5-9-14-15(12)19(16(17)18-14)11-10-13-7-3-2-4-8-13/h5-6,9,13H,2-4,7-8,10-11H2,1H3,(H2,17,18). The van der Waals surface area contributed by atoms with Crippen molar-refractivity contribution in [2.75, 3.05) is 5.73 Å². The van der Waals surface area contributed by atoms with E-state index in [2.05, 4.69) is 34.7 Å². The van der Waals surface area contributed by atoms with E-state index in [-0.39, 0.29) is 0 Å². The van der Waals surface area contributed by atoms with Crippen LogP contribution in [0.1, 0.15) is 44.1 Å². The van der Waals surface area contributed by atoms with Gasteiger partial charge in [-0.2, -0.15) is 0 Å². The normalized spacial score (nSPS) is 17.1. The van der Waals surface area contributed by atoms with Crippen LogP contribution >= 0.6 is 0 Å². The first-order valence-electron chi connectivity index (χ1n) is 7.47. The highest BCUT2D eigenvalue weighted by atomic mass is 15.1. The molecule has 3 nitrogen and oxygen atoms in total. The van der Waals surface area contributed by atoms with Gasteiger partial charge in [0.2, 0.25) is 5.95 Å². The Hall–Kier alpha value is -1.51. The first kappa shape index (κ1) is 12.5. The highest BCUT2D eigenvalue weighted by Crippen LogP contribution is 2.28. The number of fused-ring (bicyclic) bond motifs is 1. The van der Waals surface area contributed by atoms with Gasteiger partial charge in [0.1, 0.15) is 0 Å². The van der Waals surface area contributed by atoms with Crippen molar-refractivity contribution in [2.24, 2.45) is 5.92 Å². The van der Waals surface area contributed by atoms with Gasteiger partial charge in [-0.1, -0.05) is 44.2 Å². The topological polar surface area (TPSA) is 43.8 Å². The van der Waals surface area contributed by atoms with Gasteiger partial charge in [0.25, 0.3) is 0 Å². The number of aryl methyl sites for hydroxylation is 2. The lowest BCUT2D eigenvalue weighted by Gasteiger charge is -2.22. The first-order chi connectivity index (χ1) is 9.25. The SMILES string of the molecule is Cc1cccc2nc(N)n(CCC3CCCCC3)c12. The van der Waals surface area contributed by atoms with E-state index in [1.54, 1.807) is 0 Å². The third-order valence-electron chi connectivity index (χ3n) is 4.48. The number of nitrogens with two attached hydrogens (primary N) is 1. The van der Waals surface area contributed by atoms with Crippen molar-refractivity contribution >= 4 is 17.0 Å².